The number of phenolic OH excluding ortho intramolecular Hbond substituents is 1. The zero-order valence-electron chi connectivity index (χ0n) is 24.9. The molecule has 1 aromatic heterocycles. The van der Waals surface area contributed by atoms with Gasteiger partial charge in [-0.25, -0.2) is 0 Å². The maximum Gasteiger partial charge on any atom is 0.321 e. The van der Waals surface area contributed by atoms with Crippen molar-refractivity contribution in [2.75, 3.05) is 26.7 Å². The van der Waals surface area contributed by atoms with Crippen LogP contribution in [0.2, 0.25) is 0 Å². The van der Waals surface area contributed by atoms with Crippen molar-refractivity contribution >= 4 is 29.1 Å². The van der Waals surface area contributed by atoms with Crippen LogP contribution < -0.4 is 20.5 Å². The first kappa shape index (κ1) is 32.1. The van der Waals surface area contributed by atoms with Crippen molar-refractivity contribution in [1.82, 2.24) is 5.32 Å². The number of allylic oxidation sites excluding steroid dienone is 1. The first-order chi connectivity index (χ1) is 22.6. The predicted octanol–water partition coefficient (Wildman–Crippen LogP) is -0.495. The number of benzene rings is 2. The number of aliphatic hydroxyl groups excluding tert-OH is 2. The van der Waals surface area contributed by atoms with Crippen LogP contribution in [0.3, 0.4) is 0 Å². The SMILES string of the molecule is CNC[C@@H](C(=O)O)C(=O)OC[C@@H]1O[C@H](Oc2ccc3c(=O)c(-c4ccc(O)cc4)coc3c2)[C@@H](O[NH+]2C=C3N=CC=C3C2)[C@H](O)[C@H]1O. The molecule has 6 rings (SSSR count). The van der Waals surface area contributed by atoms with Crippen molar-refractivity contribution < 1.29 is 58.5 Å². The van der Waals surface area contributed by atoms with Gasteiger partial charge in [0.25, 0.3) is 0 Å². The third kappa shape index (κ3) is 6.66. The van der Waals surface area contributed by atoms with Crippen LogP contribution in [-0.2, 0) is 23.9 Å². The minimum atomic E-state index is -1.61. The number of quaternary nitrogens is 1. The van der Waals surface area contributed by atoms with Gasteiger partial charge in [0.05, 0.1) is 10.9 Å². The van der Waals surface area contributed by atoms with Gasteiger partial charge >= 0.3 is 11.9 Å². The Bertz CT molecular complexity index is 1820. The largest absolute Gasteiger partial charge is 0.508 e. The fourth-order valence-corrected chi connectivity index (χ4v) is 5.46. The Hall–Kier alpha value is -4.90. The Balaban J connectivity index is 1.24. The summed E-state index contributed by atoms with van der Waals surface area (Å²) in [4.78, 5) is 47.6. The molecule has 0 saturated carbocycles. The number of hydrogen-bond donors (Lipinski definition) is 6. The number of nitrogens with zero attached hydrogens (tertiary/aromatic N) is 1. The van der Waals surface area contributed by atoms with Crippen molar-refractivity contribution in [3.8, 4) is 22.6 Å². The third-order valence-electron chi connectivity index (χ3n) is 7.97. The highest BCUT2D eigenvalue weighted by Gasteiger charge is 2.50. The van der Waals surface area contributed by atoms with Gasteiger partial charge in [-0.2, -0.15) is 9.90 Å². The van der Waals surface area contributed by atoms with Gasteiger partial charge in [-0.3, -0.25) is 19.4 Å². The molecule has 0 amide bonds. The maximum absolute atomic E-state index is 13.2. The van der Waals surface area contributed by atoms with E-state index in [0.717, 1.165) is 5.57 Å². The van der Waals surface area contributed by atoms with Gasteiger partial charge in [-0.15, -0.1) is 0 Å². The summed E-state index contributed by atoms with van der Waals surface area (Å²) < 4.78 is 23.0. The second kappa shape index (κ2) is 13.4. The number of hydroxylamine groups is 2. The van der Waals surface area contributed by atoms with E-state index in [1.807, 2.05) is 6.08 Å². The highest BCUT2D eigenvalue weighted by atomic mass is 16.8. The van der Waals surface area contributed by atoms with E-state index in [1.54, 1.807) is 24.5 Å². The monoisotopic (exact) mass is 650 g/mol. The minimum Gasteiger partial charge on any atom is -0.508 e. The highest BCUT2D eigenvalue weighted by molar-refractivity contribution is 5.94. The summed E-state index contributed by atoms with van der Waals surface area (Å²) >= 11 is 0. The number of aliphatic imine (C=N–C) groups is 1. The molecule has 3 aliphatic heterocycles. The second-order valence-electron chi connectivity index (χ2n) is 11.1. The van der Waals surface area contributed by atoms with Gasteiger partial charge in [0.2, 0.25) is 12.4 Å². The van der Waals surface area contributed by atoms with Crippen molar-refractivity contribution in [3.05, 3.63) is 82.5 Å². The molecule has 1 unspecified atom stereocenters. The Morgan fingerprint density at radius 1 is 1.15 bits per heavy atom. The number of rotatable bonds is 11. The normalized spacial score (nSPS) is 25.6. The number of esters is 1. The molecule has 3 aliphatic rings. The van der Waals surface area contributed by atoms with Crippen LogP contribution in [0.4, 0.5) is 0 Å². The predicted molar refractivity (Wildman–Crippen MR) is 162 cm³/mol. The van der Waals surface area contributed by atoms with Crippen LogP contribution in [0.15, 0.2) is 86.5 Å². The van der Waals surface area contributed by atoms with E-state index in [4.69, 9.17) is 23.5 Å². The van der Waals surface area contributed by atoms with E-state index in [2.05, 4.69) is 10.3 Å². The Labute approximate surface area is 266 Å². The lowest BCUT2D eigenvalue weighted by molar-refractivity contribution is -1.05. The average molecular weight is 651 g/mol. The third-order valence-corrected chi connectivity index (χ3v) is 7.97. The number of aliphatic carboxylic acids is 1. The highest BCUT2D eigenvalue weighted by Crippen LogP contribution is 2.29. The molecule has 7 atom stereocenters. The zero-order valence-corrected chi connectivity index (χ0v) is 24.9. The molecule has 1 saturated heterocycles. The summed E-state index contributed by atoms with van der Waals surface area (Å²) in [6.07, 6.45) is -0.703. The number of hydrogen-bond acceptors (Lipinski definition) is 13. The lowest BCUT2D eigenvalue weighted by atomic mass is 9.99. The molecule has 0 radical (unpaired) electrons. The number of aliphatic hydroxyl groups is 2. The van der Waals surface area contributed by atoms with Crippen molar-refractivity contribution in [2.24, 2.45) is 10.9 Å². The number of fused-ring (bicyclic) bond motifs is 2. The molecular formula is C32H32N3O12+. The van der Waals surface area contributed by atoms with Crippen LogP contribution in [0.25, 0.3) is 22.1 Å². The number of carboxylic acid groups (broad SMARTS) is 1. The van der Waals surface area contributed by atoms with Gasteiger partial charge in [0, 0.05) is 24.4 Å². The lowest BCUT2D eigenvalue weighted by Gasteiger charge is -2.41. The molecular weight excluding hydrogens is 618 g/mol. The summed E-state index contributed by atoms with van der Waals surface area (Å²) in [7, 11) is 1.48. The van der Waals surface area contributed by atoms with Gasteiger partial charge < -0.3 is 44.4 Å². The standard InChI is InChI=1S/C32H31N3O12/c1-33-11-21(30(40)41)31(42)44-15-25-27(38)28(39)29(47-35-12-17-8-9-34-23(17)13-35)32(46-25)45-19-6-7-20-24(10-19)43-14-22(26(20)37)16-2-4-18(36)5-3-16/h2-10,13-14,21,25,27-29,32-33,36,38-39H,11-12,15H2,1H3,(H,40,41)/p+1/t21-,25-,27-,28+,29-,32-/m0/s1. The van der Waals surface area contributed by atoms with E-state index in [0.29, 0.717) is 22.9 Å². The van der Waals surface area contributed by atoms with Crippen molar-refractivity contribution in [2.45, 2.75) is 30.7 Å². The molecule has 3 aromatic rings. The van der Waals surface area contributed by atoms with E-state index in [1.165, 1.54) is 43.6 Å². The number of ether oxygens (including phenoxy) is 3. The van der Waals surface area contributed by atoms with Gasteiger partial charge in [-0.1, -0.05) is 12.1 Å². The molecule has 246 valence electrons. The van der Waals surface area contributed by atoms with Gasteiger partial charge in [0.1, 0.15) is 60.5 Å². The summed E-state index contributed by atoms with van der Waals surface area (Å²) in [6, 6.07) is 10.6. The summed E-state index contributed by atoms with van der Waals surface area (Å²) in [5, 5.41) is 44.4. The van der Waals surface area contributed by atoms with Crippen molar-refractivity contribution in [3.63, 3.8) is 0 Å². The van der Waals surface area contributed by atoms with Crippen LogP contribution in [0.5, 0.6) is 11.5 Å². The molecule has 47 heavy (non-hydrogen) atoms. The molecule has 0 spiro atoms. The molecule has 0 aliphatic carbocycles. The summed E-state index contributed by atoms with van der Waals surface area (Å²) in [5.74, 6) is -3.73. The Morgan fingerprint density at radius 2 is 1.94 bits per heavy atom. The molecule has 4 heterocycles. The number of nitrogens with one attached hydrogen (secondary N) is 2. The number of phenols is 1. The molecule has 1 fully saturated rings. The van der Waals surface area contributed by atoms with E-state index < -0.39 is 55.2 Å². The topological polar surface area (TPSA) is 211 Å². The quantitative estimate of drug-likeness (QED) is 0.114. The van der Waals surface area contributed by atoms with Gasteiger partial charge in [0.15, 0.2) is 17.5 Å². The summed E-state index contributed by atoms with van der Waals surface area (Å²) in [6.45, 7) is -0.392. The second-order valence-corrected chi connectivity index (χ2v) is 11.1. The van der Waals surface area contributed by atoms with E-state index >= 15 is 0 Å². The summed E-state index contributed by atoms with van der Waals surface area (Å²) in [5.41, 5.74) is 2.34. The minimum absolute atomic E-state index is 0.0562. The lowest BCUT2D eigenvalue weighted by Crippen LogP contribution is -3.07. The molecule has 0 bridgehead atoms. The smallest absolute Gasteiger partial charge is 0.321 e. The van der Waals surface area contributed by atoms with E-state index in [9.17, 15) is 34.8 Å². The number of carboxylic acids is 1. The van der Waals surface area contributed by atoms with Crippen LogP contribution in [-0.4, -0.2) is 96.0 Å². The molecule has 15 nitrogen and oxygen atoms in total. The number of carbonyl (C=O) groups is 2. The van der Waals surface area contributed by atoms with Crippen LogP contribution in [0.1, 0.15) is 0 Å². The fraction of sp³-hybridized carbons (Fsp3) is 0.312. The first-order valence-corrected chi connectivity index (χ1v) is 14.7. The number of carbonyl (C=O) groups excluding carboxylic acids is 1. The number of aromatic hydroxyl groups is 1. The average Bonchev–Trinajstić information content (AvgIpc) is 3.65. The molecule has 15 heteroatoms. The van der Waals surface area contributed by atoms with Crippen LogP contribution in [0, 0.1) is 5.92 Å². The Morgan fingerprint density at radius 3 is 2.66 bits per heavy atom. The Kier molecular flexibility index (Phi) is 9.17. The maximum atomic E-state index is 13.2. The molecule has 2 aromatic carbocycles. The van der Waals surface area contributed by atoms with E-state index in [-0.39, 0.29) is 40.0 Å². The first-order valence-electron chi connectivity index (χ1n) is 14.7. The van der Waals surface area contributed by atoms with Gasteiger partial charge in [-0.05, 0) is 43.0 Å². The molecule has 6 N–H and O–H groups in total. The van der Waals surface area contributed by atoms with Crippen molar-refractivity contribution in [1.29, 1.82) is 0 Å². The zero-order chi connectivity index (χ0) is 33.2. The fourth-order valence-electron chi connectivity index (χ4n) is 5.46. The van der Waals surface area contributed by atoms with Crippen LogP contribution >= 0.6 is 0 Å².